The fourth-order valence-electron chi connectivity index (χ4n) is 2.35. The van der Waals surface area contributed by atoms with E-state index in [2.05, 4.69) is 22.0 Å². The summed E-state index contributed by atoms with van der Waals surface area (Å²) in [4.78, 5) is 9.56. The summed E-state index contributed by atoms with van der Waals surface area (Å²) < 4.78 is 0. The Labute approximate surface area is 128 Å². The fraction of sp³-hybridized carbons (Fsp3) is 0.200. The van der Waals surface area contributed by atoms with Crippen LogP contribution in [0.25, 0.3) is 0 Å². The zero-order chi connectivity index (χ0) is 14.1. The molecule has 2 heterocycles. The molecule has 0 amide bonds. The Balaban J connectivity index is 2.04. The molecule has 20 heavy (non-hydrogen) atoms. The van der Waals surface area contributed by atoms with Crippen LogP contribution in [0, 0.1) is 0 Å². The number of likely N-dealkylation sites (N-methyl/N-ethyl adjacent to an activating group) is 1. The van der Waals surface area contributed by atoms with Crippen LogP contribution in [0.1, 0.15) is 5.69 Å². The second-order valence-corrected chi connectivity index (χ2v) is 5.60. The molecule has 0 spiro atoms. The van der Waals surface area contributed by atoms with E-state index in [4.69, 9.17) is 23.8 Å². The molecule has 0 saturated heterocycles. The summed E-state index contributed by atoms with van der Waals surface area (Å²) in [5.74, 6) is 0. The van der Waals surface area contributed by atoms with Crippen molar-refractivity contribution in [2.75, 3.05) is 23.4 Å². The Morgan fingerprint density at radius 2 is 1.85 bits per heavy atom. The highest BCUT2D eigenvalue weighted by Gasteiger charge is 2.22. The normalized spacial score (nSPS) is 15.0. The van der Waals surface area contributed by atoms with Gasteiger partial charge in [0, 0.05) is 12.7 Å². The Hall–Kier alpha value is -1.65. The number of anilines is 2. The van der Waals surface area contributed by atoms with Gasteiger partial charge in [0.2, 0.25) is 0 Å². The molecule has 1 aromatic heterocycles. The largest absolute Gasteiger partial charge is 0.359 e. The van der Waals surface area contributed by atoms with Gasteiger partial charge in [-0.15, -0.1) is 0 Å². The highest BCUT2D eigenvalue weighted by atomic mass is 35.5. The van der Waals surface area contributed by atoms with Gasteiger partial charge in [-0.05, 0) is 24.3 Å². The maximum absolute atomic E-state index is 6.03. The summed E-state index contributed by atoms with van der Waals surface area (Å²) in [6.45, 7) is 1.40. The van der Waals surface area contributed by atoms with Gasteiger partial charge in [0.05, 0.1) is 24.5 Å². The lowest BCUT2D eigenvalue weighted by Gasteiger charge is -2.23. The maximum atomic E-state index is 6.03. The van der Waals surface area contributed by atoms with Crippen LogP contribution in [0.5, 0.6) is 0 Å². The second kappa shape index (κ2) is 5.38. The van der Waals surface area contributed by atoms with Crippen LogP contribution < -0.4 is 9.80 Å². The number of aromatic nitrogens is 1. The van der Waals surface area contributed by atoms with Crippen molar-refractivity contribution in [3.63, 3.8) is 0 Å². The number of fused-ring (bicyclic) bond motifs is 1. The Morgan fingerprint density at radius 1 is 1.10 bits per heavy atom. The first kappa shape index (κ1) is 13.3. The van der Waals surface area contributed by atoms with Crippen LogP contribution in [0.2, 0.25) is 5.15 Å². The third kappa shape index (κ3) is 2.49. The molecule has 0 aliphatic carbocycles. The quantitative estimate of drug-likeness (QED) is 0.593. The number of rotatable bonds is 1. The van der Waals surface area contributed by atoms with Gasteiger partial charge < -0.3 is 9.80 Å². The fourth-order valence-corrected chi connectivity index (χ4v) is 2.77. The molecule has 0 radical (unpaired) electrons. The van der Waals surface area contributed by atoms with Crippen LogP contribution in [0.4, 0.5) is 11.4 Å². The zero-order valence-electron chi connectivity index (χ0n) is 11.1. The predicted molar refractivity (Wildman–Crippen MR) is 87.7 cm³/mol. The monoisotopic (exact) mass is 303 g/mol. The average Bonchev–Trinajstić information content (AvgIpc) is 2.58. The first-order valence-electron chi connectivity index (χ1n) is 6.37. The van der Waals surface area contributed by atoms with Crippen LogP contribution in [-0.4, -0.2) is 23.6 Å². The van der Waals surface area contributed by atoms with E-state index in [1.807, 2.05) is 36.2 Å². The smallest absolute Gasteiger partial charge is 0.129 e. The van der Waals surface area contributed by atoms with E-state index >= 15 is 0 Å². The van der Waals surface area contributed by atoms with Gasteiger partial charge in [0.25, 0.3) is 0 Å². The second-order valence-electron chi connectivity index (χ2n) is 4.74. The van der Waals surface area contributed by atoms with Crippen LogP contribution in [0.15, 0.2) is 42.5 Å². The van der Waals surface area contributed by atoms with E-state index in [1.54, 1.807) is 6.07 Å². The molecule has 5 heteroatoms. The predicted octanol–water partition coefficient (Wildman–Crippen LogP) is 3.52. The van der Waals surface area contributed by atoms with Gasteiger partial charge in [-0.2, -0.15) is 0 Å². The van der Waals surface area contributed by atoms with E-state index in [9.17, 15) is 0 Å². The van der Waals surface area contributed by atoms with Crippen molar-refractivity contribution < 1.29 is 0 Å². The summed E-state index contributed by atoms with van der Waals surface area (Å²) in [6, 6.07) is 14.0. The van der Waals surface area contributed by atoms with Gasteiger partial charge in [-0.1, -0.05) is 42.0 Å². The van der Waals surface area contributed by atoms with E-state index in [0.717, 1.165) is 22.1 Å². The lowest BCUT2D eigenvalue weighted by molar-refractivity contribution is 0.868. The number of pyridine rings is 1. The van der Waals surface area contributed by atoms with Gasteiger partial charge in [-0.25, -0.2) is 4.98 Å². The number of benzene rings is 1. The summed E-state index contributed by atoms with van der Waals surface area (Å²) in [6.07, 6.45) is 0. The highest BCUT2D eigenvalue weighted by molar-refractivity contribution is 7.80. The van der Waals surface area contributed by atoms with Gasteiger partial charge in [-0.3, -0.25) is 0 Å². The molecular weight excluding hydrogens is 290 g/mol. The molecule has 0 fully saturated rings. The lowest BCUT2D eigenvalue weighted by Crippen LogP contribution is -2.33. The first-order chi connectivity index (χ1) is 9.65. The number of hydrogen-bond acceptors (Lipinski definition) is 3. The van der Waals surface area contributed by atoms with Crippen molar-refractivity contribution in [1.29, 1.82) is 0 Å². The summed E-state index contributed by atoms with van der Waals surface area (Å²) in [5, 5.41) is 0.512. The van der Waals surface area contributed by atoms with Crippen LogP contribution in [-0.2, 0) is 6.54 Å². The molecular formula is C15H14ClN3S. The number of nitrogens with zero attached hydrogens (tertiary/aromatic N) is 3. The number of hydrogen-bond donors (Lipinski definition) is 0. The van der Waals surface area contributed by atoms with E-state index in [1.165, 1.54) is 0 Å². The Morgan fingerprint density at radius 3 is 2.60 bits per heavy atom. The van der Waals surface area contributed by atoms with E-state index in [-0.39, 0.29) is 0 Å². The molecule has 3 rings (SSSR count). The maximum Gasteiger partial charge on any atom is 0.129 e. The number of para-hydroxylation sites is 1. The Bertz CT molecular complexity index is 645. The molecule has 1 aliphatic heterocycles. The van der Waals surface area contributed by atoms with Gasteiger partial charge in [0.15, 0.2) is 0 Å². The Kier molecular flexibility index (Phi) is 3.59. The summed E-state index contributed by atoms with van der Waals surface area (Å²) in [5.41, 5.74) is 3.11. The lowest BCUT2D eigenvalue weighted by atomic mass is 10.2. The first-order valence-corrected chi connectivity index (χ1v) is 7.16. The summed E-state index contributed by atoms with van der Waals surface area (Å²) >= 11 is 11.6. The van der Waals surface area contributed by atoms with Crippen molar-refractivity contribution in [2.45, 2.75) is 6.54 Å². The average molecular weight is 304 g/mol. The minimum Gasteiger partial charge on any atom is -0.359 e. The molecule has 3 nitrogen and oxygen atoms in total. The molecule has 102 valence electrons. The molecule has 0 atom stereocenters. The minimum atomic E-state index is 0.512. The third-order valence-corrected chi connectivity index (χ3v) is 4.05. The van der Waals surface area contributed by atoms with Crippen LogP contribution in [0.3, 0.4) is 0 Å². The molecule has 0 bridgehead atoms. The van der Waals surface area contributed by atoms with Crippen molar-refractivity contribution in [3.8, 4) is 0 Å². The SMILES string of the molecule is CN1C(=S)CN(c2ccccc2)Cc2nc(Cl)ccc21. The van der Waals surface area contributed by atoms with Gasteiger partial charge in [0.1, 0.15) is 10.1 Å². The van der Waals surface area contributed by atoms with Crippen molar-refractivity contribution in [3.05, 3.63) is 53.3 Å². The van der Waals surface area contributed by atoms with Gasteiger partial charge >= 0.3 is 0 Å². The number of halogens is 1. The molecule has 2 aromatic rings. The molecule has 0 unspecified atom stereocenters. The minimum absolute atomic E-state index is 0.512. The number of thiocarbonyl (C=S) groups is 1. The third-order valence-electron chi connectivity index (χ3n) is 3.44. The summed E-state index contributed by atoms with van der Waals surface area (Å²) in [7, 11) is 1.98. The van der Waals surface area contributed by atoms with E-state index < -0.39 is 0 Å². The van der Waals surface area contributed by atoms with E-state index in [0.29, 0.717) is 18.2 Å². The molecule has 1 aromatic carbocycles. The topological polar surface area (TPSA) is 19.4 Å². The highest BCUT2D eigenvalue weighted by Crippen LogP contribution is 2.27. The van der Waals surface area contributed by atoms with Crippen molar-refractivity contribution in [2.24, 2.45) is 0 Å². The standard InChI is InChI=1S/C15H14ClN3S/c1-18-13-7-8-14(16)17-12(13)9-19(10-15(18)20)11-5-3-2-4-6-11/h2-8H,9-10H2,1H3. The molecule has 0 N–H and O–H groups in total. The molecule has 1 aliphatic rings. The van der Waals surface area contributed by atoms with Crippen molar-refractivity contribution in [1.82, 2.24) is 4.98 Å². The molecule has 0 saturated carbocycles. The zero-order valence-corrected chi connectivity index (χ0v) is 12.7. The van der Waals surface area contributed by atoms with Crippen molar-refractivity contribution >= 4 is 40.2 Å². The van der Waals surface area contributed by atoms with Crippen LogP contribution >= 0.6 is 23.8 Å².